The monoisotopic (exact) mass is 264 g/mol. The van der Waals surface area contributed by atoms with Crippen LogP contribution in [0, 0.1) is 0 Å². The average molecular weight is 264 g/mol. The lowest BCUT2D eigenvalue weighted by Gasteiger charge is -2.06. The lowest BCUT2D eigenvalue weighted by Crippen LogP contribution is -2.08. The van der Waals surface area contributed by atoms with E-state index < -0.39 is 0 Å². The molecule has 8 heteroatoms. The summed E-state index contributed by atoms with van der Waals surface area (Å²) in [5, 5.41) is 5.84. The molecule has 0 bridgehead atoms. The third-order valence-corrected chi connectivity index (χ3v) is 2.37. The molecule has 0 saturated heterocycles. The van der Waals surface area contributed by atoms with Crippen LogP contribution in [0.25, 0.3) is 0 Å². The SMILES string of the molecule is CCc1cnc(CNc2nc(NC)nc(OC)n2)o1. The fourth-order valence-corrected chi connectivity index (χ4v) is 1.39. The standard InChI is InChI=1S/C11H16N6O2/c1-4-7-5-13-8(19-7)6-14-10-15-9(12-2)16-11(17-10)18-3/h5H,4,6H2,1-3H3,(H2,12,14,15,16,17). The van der Waals surface area contributed by atoms with Crippen LogP contribution in [0.3, 0.4) is 0 Å². The summed E-state index contributed by atoms with van der Waals surface area (Å²) in [6, 6.07) is 0.239. The van der Waals surface area contributed by atoms with Crippen molar-refractivity contribution in [1.82, 2.24) is 19.9 Å². The van der Waals surface area contributed by atoms with E-state index in [1.54, 1.807) is 13.2 Å². The Labute approximate surface area is 110 Å². The number of oxazole rings is 1. The highest BCUT2D eigenvalue weighted by Gasteiger charge is 2.07. The van der Waals surface area contributed by atoms with Crippen molar-refractivity contribution in [3.63, 3.8) is 0 Å². The van der Waals surface area contributed by atoms with Crippen LogP contribution in [0.1, 0.15) is 18.6 Å². The highest BCUT2D eigenvalue weighted by Crippen LogP contribution is 2.11. The predicted molar refractivity (Wildman–Crippen MR) is 69.1 cm³/mol. The largest absolute Gasteiger partial charge is 0.467 e. The Morgan fingerprint density at radius 1 is 1.26 bits per heavy atom. The van der Waals surface area contributed by atoms with Crippen molar-refractivity contribution in [2.24, 2.45) is 0 Å². The summed E-state index contributed by atoms with van der Waals surface area (Å²) in [5.41, 5.74) is 0. The molecule has 8 nitrogen and oxygen atoms in total. The second-order valence-electron chi connectivity index (χ2n) is 3.65. The van der Waals surface area contributed by atoms with Gasteiger partial charge in [0.1, 0.15) is 5.76 Å². The molecule has 2 heterocycles. The molecule has 19 heavy (non-hydrogen) atoms. The summed E-state index contributed by atoms with van der Waals surface area (Å²) in [6.07, 6.45) is 2.53. The Kier molecular flexibility index (Phi) is 4.11. The van der Waals surface area contributed by atoms with Crippen LogP contribution in [-0.4, -0.2) is 34.1 Å². The van der Waals surface area contributed by atoms with E-state index in [1.807, 2.05) is 6.92 Å². The maximum absolute atomic E-state index is 5.48. The maximum atomic E-state index is 5.48. The molecule has 0 unspecified atom stereocenters. The normalized spacial score (nSPS) is 10.3. The van der Waals surface area contributed by atoms with Gasteiger partial charge in [0.2, 0.25) is 17.8 Å². The van der Waals surface area contributed by atoms with E-state index >= 15 is 0 Å². The Balaban J connectivity index is 2.05. The zero-order valence-corrected chi connectivity index (χ0v) is 11.1. The van der Waals surface area contributed by atoms with Crippen molar-refractivity contribution >= 4 is 11.9 Å². The van der Waals surface area contributed by atoms with Gasteiger partial charge in [0.15, 0.2) is 0 Å². The van der Waals surface area contributed by atoms with Crippen LogP contribution in [0.15, 0.2) is 10.6 Å². The van der Waals surface area contributed by atoms with E-state index in [9.17, 15) is 0 Å². The topological polar surface area (TPSA) is 98.0 Å². The van der Waals surface area contributed by atoms with E-state index in [2.05, 4.69) is 30.6 Å². The molecule has 2 rings (SSSR count). The Morgan fingerprint density at radius 2 is 2.05 bits per heavy atom. The van der Waals surface area contributed by atoms with Gasteiger partial charge in [0.25, 0.3) is 0 Å². The molecule has 0 aliphatic rings. The predicted octanol–water partition coefficient (Wildman–Crippen LogP) is 1.08. The number of aryl methyl sites for hydroxylation is 1. The molecule has 0 radical (unpaired) electrons. The Morgan fingerprint density at radius 3 is 2.68 bits per heavy atom. The van der Waals surface area contributed by atoms with E-state index in [0.29, 0.717) is 24.3 Å². The second kappa shape index (κ2) is 5.98. The van der Waals surface area contributed by atoms with Crippen molar-refractivity contribution in [2.75, 3.05) is 24.8 Å². The molecule has 0 aliphatic carbocycles. The third-order valence-electron chi connectivity index (χ3n) is 2.37. The number of ether oxygens (including phenoxy) is 1. The quantitative estimate of drug-likeness (QED) is 0.800. The number of hydrogen-bond donors (Lipinski definition) is 2. The third kappa shape index (κ3) is 3.30. The second-order valence-corrected chi connectivity index (χ2v) is 3.65. The van der Waals surface area contributed by atoms with Crippen LogP contribution in [0.4, 0.5) is 11.9 Å². The molecular weight excluding hydrogens is 248 g/mol. The first-order chi connectivity index (χ1) is 9.25. The first kappa shape index (κ1) is 13.1. The molecule has 2 aromatic heterocycles. The number of nitrogens with one attached hydrogen (secondary N) is 2. The lowest BCUT2D eigenvalue weighted by atomic mass is 10.4. The van der Waals surface area contributed by atoms with Gasteiger partial charge in [-0.1, -0.05) is 6.92 Å². The van der Waals surface area contributed by atoms with Crippen LogP contribution < -0.4 is 15.4 Å². The van der Waals surface area contributed by atoms with Crippen molar-refractivity contribution in [3.05, 3.63) is 17.8 Å². The zero-order valence-electron chi connectivity index (χ0n) is 11.1. The number of rotatable bonds is 6. The van der Waals surface area contributed by atoms with E-state index in [-0.39, 0.29) is 6.01 Å². The minimum absolute atomic E-state index is 0.239. The molecule has 2 aromatic rings. The molecule has 102 valence electrons. The Hall–Kier alpha value is -2.38. The van der Waals surface area contributed by atoms with Gasteiger partial charge in [-0.25, -0.2) is 4.98 Å². The van der Waals surface area contributed by atoms with E-state index in [1.165, 1.54) is 7.11 Å². The van der Waals surface area contributed by atoms with Crippen molar-refractivity contribution < 1.29 is 9.15 Å². The summed E-state index contributed by atoms with van der Waals surface area (Å²) < 4.78 is 10.5. The summed E-state index contributed by atoms with van der Waals surface area (Å²) >= 11 is 0. The molecule has 0 amide bonds. The summed E-state index contributed by atoms with van der Waals surface area (Å²) in [4.78, 5) is 16.4. The first-order valence-corrected chi connectivity index (χ1v) is 5.90. The highest BCUT2D eigenvalue weighted by molar-refractivity contribution is 5.35. The van der Waals surface area contributed by atoms with Gasteiger partial charge in [0.05, 0.1) is 19.9 Å². The van der Waals surface area contributed by atoms with Gasteiger partial charge in [-0.2, -0.15) is 15.0 Å². The van der Waals surface area contributed by atoms with E-state index in [4.69, 9.17) is 9.15 Å². The molecule has 0 aliphatic heterocycles. The highest BCUT2D eigenvalue weighted by atomic mass is 16.5. The minimum Gasteiger partial charge on any atom is -0.467 e. The lowest BCUT2D eigenvalue weighted by molar-refractivity contribution is 0.379. The molecule has 0 saturated carbocycles. The van der Waals surface area contributed by atoms with Gasteiger partial charge in [-0.3, -0.25) is 0 Å². The van der Waals surface area contributed by atoms with Crippen LogP contribution in [0.2, 0.25) is 0 Å². The molecule has 2 N–H and O–H groups in total. The molecule has 0 fully saturated rings. The summed E-state index contributed by atoms with van der Waals surface area (Å²) in [5.74, 6) is 2.26. The fraction of sp³-hybridized carbons (Fsp3) is 0.455. The fourth-order valence-electron chi connectivity index (χ4n) is 1.39. The minimum atomic E-state index is 0.239. The average Bonchev–Trinajstić information content (AvgIpc) is 2.92. The van der Waals surface area contributed by atoms with Gasteiger partial charge in [-0.05, 0) is 0 Å². The summed E-state index contributed by atoms with van der Waals surface area (Å²) in [7, 11) is 3.22. The van der Waals surface area contributed by atoms with Crippen molar-refractivity contribution in [3.8, 4) is 6.01 Å². The van der Waals surface area contributed by atoms with Crippen LogP contribution in [-0.2, 0) is 13.0 Å². The van der Waals surface area contributed by atoms with Gasteiger partial charge >= 0.3 is 6.01 Å². The summed E-state index contributed by atoms with van der Waals surface area (Å²) in [6.45, 7) is 2.41. The molecule has 0 atom stereocenters. The number of methoxy groups -OCH3 is 1. The number of hydrogen-bond acceptors (Lipinski definition) is 8. The molecule has 0 aromatic carbocycles. The smallest absolute Gasteiger partial charge is 0.322 e. The number of aromatic nitrogens is 4. The molecular formula is C11H16N6O2. The number of nitrogens with zero attached hydrogens (tertiary/aromatic N) is 4. The van der Waals surface area contributed by atoms with Gasteiger partial charge in [0, 0.05) is 13.5 Å². The van der Waals surface area contributed by atoms with E-state index in [0.717, 1.165) is 12.2 Å². The van der Waals surface area contributed by atoms with Gasteiger partial charge in [-0.15, -0.1) is 0 Å². The van der Waals surface area contributed by atoms with Gasteiger partial charge < -0.3 is 19.8 Å². The zero-order chi connectivity index (χ0) is 13.7. The van der Waals surface area contributed by atoms with Crippen molar-refractivity contribution in [1.29, 1.82) is 0 Å². The number of anilines is 2. The maximum Gasteiger partial charge on any atom is 0.322 e. The first-order valence-electron chi connectivity index (χ1n) is 5.90. The molecule has 0 spiro atoms. The Bertz CT molecular complexity index is 519. The van der Waals surface area contributed by atoms with Crippen molar-refractivity contribution in [2.45, 2.75) is 19.9 Å². The van der Waals surface area contributed by atoms with Crippen LogP contribution >= 0.6 is 0 Å². The van der Waals surface area contributed by atoms with Crippen LogP contribution in [0.5, 0.6) is 6.01 Å².